The molecule has 31 heavy (non-hydrogen) atoms. The van der Waals surface area contributed by atoms with E-state index in [9.17, 15) is 4.79 Å². The van der Waals surface area contributed by atoms with Crippen molar-refractivity contribution in [1.29, 1.82) is 0 Å². The number of carbonyl (C=O) groups excluding carboxylic acids is 1. The molecule has 0 bridgehead atoms. The van der Waals surface area contributed by atoms with Gasteiger partial charge in [-0.1, -0.05) is 24.4 Å². The number of methoxy groups -OCH3 is 1. The zero-order valence-corrected chi connectivity index (χ0v) is 22.3. The van der Waals surface area contributed by atoms with Gasteiger partial charge in [0.1, 0.15) is 0 Å². The van der Waals surface area contributed by atoms with Gasteiger partial charge in [0.05, 0.1) is 30.7 Å². The molecule has 1 aliphatic carbocycles. The first kappa shape index (κ1) is 27.6. The summed E-state index contributed by atoms with van der Waals surface area (Å²) in [4.78, 5) is 19.2. The van der Waals surface area contributed by atoms with E-state index in [-0.39, 0.29) is 35.3 Å². The van der Waals surface area contributed by atoms with Crippen LogP contribution in [0.1, 0.15) is 45.1 Å². The summed E-state index contributed by atoms with van der Waals surface area (Å²) >= 11 is 6.37. The summed E-state index contributed by atoms with van der Waals surface area (Å²) in [7, 11) is 5.24. The van der Waals surface area contributed by atoms with E-state index in [1.54, 1.807) is 12.0 Å². The minimum atomic E-state index is -0.356. The van der Waals surface area contributed by atoms with E-state index < -0.39 is 0 Å². The SMILES string of the molecule is CCNC(=NCc1cc(Cl)c(OCC)c(OC)c1)NCC1(C(=O)N(C)C)CCCC1.I. The predicted molar refractivity (Wildman–Crippen MR) is 137 cm³/mol. The van der Waals surface area contributed by atoms with Gasteiger partial charge in [0.15, 0.2) is 17.5 Å². The molecule has 2 N–H and O–H groups in total. The second-order valence-corrected chi connectivity index (χ2v) is 8.18. The molecule has 1 aromatic carbocycles. The number of benzene rings is 1. The molecule has 1 aliphatic rings. The summed E-state index contributed by atoms with van der Waals surface area (Å²) in [6.45, 7) is 6.16. The summed E-state index contributed by atoms with van der Waals surface area (Å²) in [5, 5.41) is 7.15. The average Bonchev–Trinajstić information content (AvgIpc) is 3.21. The highest BCUT2D eigenvalue weighted by Gasteiger charge is 2.42. The van der Waals surface area contributed by atoms with Gasteiger partial charge in [-0.05, 0) is 44.4 Å². The zero-order valence-electron chi connectivity index (χ0n) is 19.2. The molecule has 0 spiro atoms. The van der Waals surface area contributed by atoms with Gasteiger partial charge in [-0.25, -0.2) is 4.99 Å². The average molecular weight is 567 g/mol. The number of aliphatic imine (C=N–C) groups is 1. The molecule has 0 aliphatic heterocycles. The first-order valence-corrected chi connectivity index (χ1v) is 11.0. The fraction of sp³-hybridized carbons (Fsp3) is 0.636. The largest absolute Gasteiger partial charge is 0.493 e. The van der Waals surface area contributed by atoms with Gasteiger partial charge < -0.3 is 25.0 Å². The van der Waals surface area contributed by atoms with Crippen LogP contribution in [0, 0.1) is 5.41 Å². The second-order valence-electron chi connectivity index (χ2n) is 7.78. The quantitative estimate of drug-likeness (QED) is 0.268. The van der Waals surface area contributed by atoms with E-state index >= 15 is 0 Å². The maximum Gasteiger partial charge on any atom is 0.230 e. The van der Waals surface area contributed by atoms with Crippen molar-refractivity contribution in [2.45, 2.75) is 46.1 Å². The van der Waals surface area contributed by atoms with Crippen LogP contribution >= 0.6 is 35.6 Å². The van der Waals surface area contributed by atoms with Crippen molar-refractivity contribution >= 4 is 47.4 Å². The van der Waals surface area contributed by atoms with Gasteiger partial charge in [0, 0.05) is 27.2 Å². The van der Waals surface area contributed by atoms with Crippen LogP contribution in [0.15, 0.2) is 17.1 Å². The van der Waals surface area contributed by atoms with Gasteiger partial charge >= 0.3 is 0 Å². The minimum Gasteiger partial charge on any atom is -0.493 e. The third kappa shape index (κ3) is 7.30. The molecule has 1 aromatic rings. The molecule has 0 heterocycles. The van der Waals surface area contributed by atoms with Gasteiger partial charge in [-0.15, -0.1) is 24.0 Å². The standard InChI is InChI=1S/C22H35ClN4O3.HI/c1-6-24-21(26-15-22(10-8-9-11-22)20(28)27(3)4)25-14-16-12-17(23)19(30-7-2)18(13-16)29-5;/h12-13H,6-11,14-15H2,1-5H3,(H2,24,25,26);1H. The van der Waals surface area contributed by atoms with E-state index in [0.717, 1.165) is 37.8 Å². The second kappa shape index (κ2) is 13.2. The molecule has 0 unspecified atom stereocenters. The third-order valence-electron chi connectivity index (χ3n) is 5.36. The van der Waals surface area contributed by atoms with E-state index in [2.05, 4.69) is 15.6 Å². The molecule has 176 valence electrons. The van der Waals surface area contributed by atoms with Crippen LogP contribution in [-0.4, -0.2) is 57.7 Å². The van der Waals surface area contributed by atoms with Gasteiger partial charge in [0.2, 0.25) is 5.91 Å². The Bertz CT molecular complexity index is 753. The number of carbonyl (C=O) groups is 1. The molecule has 0 radical (unpaired) electrons. The van der Waals surface area contributed by atoms with Crippen LogP contribution in [0.2, 0.25) is 5.02 Å². The van der Waals surface area contributed by atoms with Crippen molar-refractivity contribution in [3.63, 3.8) is 0 Å². The Morgan fingerprint density at radius 3 is 2.45 bits per heavy atom. The Hall–Kier alpha value is -1.42. The molecule has 1 saturated carbocycles. The van der Waals surface area contributed by atoms with Crippen molar-refractivity contribution in [2.75, 3.05) is 40.9 Å². The van der Waals surface area contributed by atoms with Gasteiger partial charge in [-0.3, -0.25) is 4.79 Å². The lowest BCUT2D eigenvalue weighted by molar-refractivity contribution is -0.138. The van der Waals surface area contributed by atoms with Gasteiger partial charge in [-0.2, -0.15) is 0 Å². The van der Waals surface area contributed by atoms with E-state index in [1.165, 1.54) is 0 Å². The monoisotopic (exact) mass is 566 g/mol. The summed E-state index contributed by atoms with van der Waals surface area (Å²) in [5.74, 6) is 2.00. The number of guanidine groups is 1. The number of rotatable bonds is 9. The fourth-order valence-corrected chi connectivity index (χ4v) is 4.19. The van der Waals surface area contributed by atoms with Crippen molar-refractivity contribution in [2.24, 2.45) is 10.4 Å². The lowest BCUT2D eigenvalue weighted by atomic mass is 9.84. The maximum atomic E-state index is 12.8. The van der Waals surface area contributed by atoms with Gasteiger partial charge in [0.25, 0.3) is 0 Å². The molecule has 0 atom stereocenters. The minimum absolute atomic E-state index is 0. The summed E-state index contributed by atoms with van der Waals surface area (Å²) in [6, 6.07) is 3.73. The van der Waals surface area contributed by atoms with E-state index in [1.807, 2.05) is 40.1 Å². The molecule has 0 aromatic heterocycles. The normalized spacial score (nSPS) is 15.1. The molecule has 9 heteroatoms. The number of nitrogens with one attached hydrogen (secondary N) is 2. The van der Waals surface area contributed by atoms with Crippen molar-refractivity contribution in [3.05, 3.63) is 22.7 Å². The summed E-state index contributed by atoms with van der Waals surface area (Å²) in [6.07, 6.45) is 3.98. The van der Waals surface area contributed by atoms with Crippen LogP contribution in [0.5, 0.6) is 11.5 Å². The number of hydrogen-bond donors (Lipinski definition) is 2. The molecule has 1 amide bonds. The highest BCUT2D eigenvalue weighted by atomic mass is 127. The Balaban J connectivity index is 0.00000480. The maximum absolute atomic E-state index is 12.8. The molecule has 2 rings (SSSR count). The lowest BCUT2D eigenvalue weighted by Crippen LogP contribution is -2.49. The van der Waals surface area contributed by atoms with Crippen LogP contribution in [0.3, 0.4) is 0 Å². The number of hydrogen-bond acceptors (Lipinski definition) is 4. The topological polar surface area (TPSA) is 75.2 Å². The molecule has 1 fully saturated rings. The summed E-state index contributed by atoms with van der Waals surface area (Å²) in [5.41, 5.74) is 0.559. The van der Waals surface area contributed by atoms with Crippen LogP contribution < -0.4 is 20.1 Å². The lowest BCUT2D eigenvalue weighted by Gasteiger charge is -2.31. The zero-order chi connectivity index (χ0) is 22.1. The van der Waals surface area contributed by atoms with Crippen molar-refractivity contribution in [1.82, 2.24) is 15.5 Å². The Labute approximate surface area is 208 Å². The third-order valence-corrected chi connectivity index (χ3v) is 5.64. The smallest absolute Gasteiger partial charge is 0.230 e. The fourth-order valence-electron chi connectivity index (χ4n) is 3.91. The Morgan fingerprint density at radius 2 is 1.90 bits per heavy atom. The van der Waals surface area contributed by atoms with Crippen LogP contribution in [0.25, 0.3) is 0 Å². The Morgan fingerprint density at radius 1 is 1.23 bits per heavy atom. The molecular weight excluding hydrogens is 531 g/mol. The first-order valence-electron chi connectivity index (χ1n) is 10.6. The van der Waals surface area contributed by atoms with E-state index in [4.69, 9.17) is 21.1 Å². The van der Waals surface area contributed by atoms with E-state index in [0.29, 0.717) is 42.2 Å². The van der Waals surface area contributed by atoms with Crippen LogP contribution in [-0.2, 0) is 11.3 Å². The molecular formula is C22H36ClIN4O3. The molecule has 0 saturated heterocycles. The Kier molecular flexibility index (Phi) is 11.8. The highest BCUT2D eigenvalue weighted by Crippen LogP contribution is 2.39. The number of amides is 1. The number of ether oxygens (including phenoxy) is 2. The molecule has 7 nitrogen and oxygen atoms in total. The number of halogens is 2. The number of nitrogens with zero attached hydrogens (tertiary/aromatic N) is 2. The van der Waals surface area contributed by atoms with Crippen LogP contribution in [0.4, 0.5) is 0 Å². The summed E-state index contributed by atoms with van der Waals surface area (Å²) < 4.78 is 11.0. The van der Waals surface area contributed by atoms with Crippen molar-refractivity contribution < 1.29 is 14.3 Å². The van der Waals surface area contributed by atoms with Crippen molar-refractivity contribution in [3.8, 4) is 11.5 Å². The highest BCUT2D eigenvalue weighted by molar-refractivity contribution is 14.0. The first-order chi connectivity index (χ1) is 14.4. The predicted octanol–water partition coefficient (Wildman–Crippen LogP) is 4.07.